The van der Waals surface area contributed by atoms with E-state index in [0.29, 0.717) is 40.2 Å². The zero-order valence-electron chi connectivity index (χ0n) is 36.5. The largest absolute Gasteiger partial charge is 0.490 e. The van der Waals surface area contributed by atoms with Crippen molar-refractivity contribution in [2.75, 3.05) is 0 Å². The minimum atomic E-state index is -1.87. The van der Waals surface area contributed by atoms with Crippen LogP contribution in [0.15, 0.2) is 94.0 Å². The number of hydrogen-bond donors (Lipinski definition) is 1. The Hall–Kier alpha value is -5.98. The Balaban J connectivity index is 0.000000189. The van der Waals surface area contributed by atoms with Gasteiger partial charge in [0.2, 0.25) is 11.8 Å². The molecular formula is C50H54N4O6Si. The molecule has 0 saturated carbocycles. The number of aliphatic hydroxyl groups excluding tert-OH is 1. The van der Waals surface area contributed by atoms with Crippen LogP contribution in [0.4, 0.5) is 0 Å². The molecule has 0 amide bonds. The number of benzene rings is 4. The van der Waals surface area contributed by atoms with Crippen molar-refractivity contribution in [3.05, 3.63) is 119 Å². The van der Waals surface area contributed by atoms with E-state index >= 15 is 0 Å². The lowest BCUT2D eigenvalue weighted by atomic mass is 10.0. The van der Waals surface area contributed by atoms with Crippen LogP contribution in [0.5, 0.6) is 11.5 Å². The molecule has 0 saturated heterocycles. The van der Waals surface area contributed by atoms with Crippen LogP contribution in [0.3, 0.4) is 0 Å². The molecule has 8 rings (SSSR count). The van der Waals surface area contributed by atoms with Crippen molar-refractivity contribution in [3.8, 4) is 69.2 Å². The van der Waals surface area contributed by atoms with Crippen molar-refractivity contribution in [1.29, 1.82) is 10.5 Å². The van der Waals surface area contributed by atoms with Gasteiger partial charge >= 0.3 is 0 Å². The highest BCUT2D eigenvalue weighted by atomic mass is 28.4. The second-order valence-electron chi connectivity index (χ2n) is 17.7. The Kier molecular flexibility index (Phi) is 12.4. The van der Waals surface area contributed by atoms with Crippen LogP contribution >= 0.6 is 0 Å². The van der Waals surface area contributed by atoms with E-state index in [-0.39, 0.29) is 23.4 Å². The summed E-state index contributed by atoms with van der Waals surface area (Å²) in [5, 5.41) is 29.2. The summed E-state index contributed by atoms with van der Waals surface area (Å²) in [5.74, 6) is 3.47. The average Bonchev–Trinajstić information content (AvgIpc) is 4.05. The molecule has 0 spiro atoms. The van der Waals surface area contributed by atoms with Crippen LogP contribution in [0.25, 0.3) is 45.6 Å². The Morgan fingerprint density at radius 1 is 0.705 bits per heavy atom. The second kappa shape index (κ2) is 17.5. The minimum Gasteiger partial charge on any atom is -0.490 e. The maximum atomic E-state index is 10.1. The molecule has 6 aromatic rings. The monoisotopic (exact) mass is 834 g/mol. The van der Waals surface area contributed by atoms with E-state index in [9.17, 15) is 15.6 Å². The van der Waals surface area contributed by atoms with Gasteiger partial charge in [-0.05, 0) is 130 Å². The fourth-order valence-corrected chi connectivity index (χ4v) is 8.95. The third-order valence-electron chi connectivity index (χ3n) is 11.7. The van der Waals surface area contributed by atoms with Gasteiger partial charge in [0.05, 0.1) is 47.9 Å². The predicted molar refractivity (Wildman–Crippen MR) is 238 cm³/mol. The number of nitriles is 2. The normalized spacial score (nSPS) is 15.8. The van der Waals surface area contributed by atoms with E-state index in [0.717, 1.165) is 64.8 Å². The summed E-state index contributed by atoms with van der Waals surface area (Å²) in [6, 6.07) is 27.4. The molecule has 314 valence electrons. The van der Waals surface area contributed by atoms with E-state index < -0.39 is 14.4 Å². The van der Waals surface area contributed by atoms with Gasteiger partial charge in [-0.1, -0.05) is 57.2 Å². The van der Waals surface area contributed by atoms with Gasteiger partial charge < -0.3 is 27.8 Å². The first kappa shape index (κ1) is 43.1. The smallest absolute Gasteiger partial charge is 0.226 e. The lowest BCUT2D eigenvalue weighted by Gasteiger charge is -2.38. The molecule has 0 fully saturated rings. The van der Waals surface area contributed by atoms with Crippen LogP contribution in [0.1, 0.15) is 107 Å². The van der Waals surface area contributed by atoms with Crippen LogP contribution in [-0.4, -0.2) is 35.6 Å². The van der Waals surface area contributed by atoms with Crippen molar-refractivity contribution >= 4 is 8.32 Å². The molecule has 11 heteroatoms. The third kappa shape index (κ3) is 9.20. The van der Waals surface area contributed by atoms with Crippen molar-refractivity contribution < 1.29 is 27.8 Å². The highest BCUT2D eigenvalue weighted by Crippen LogP contribution is 2.46. The fraction of sp³-hybridized carbons (Fsp3) is 0.360. The number of rotatable bonds is 10. The number of hydrogen-bond acceptors (Lipinski definition) is 10. The molecule has 4 aromatic carbocycles. The number of oxazole rings is 2. The maximum Gasteiger partial charge on any atom is 0.226 e. The Labute approximate surface area is 359 Å². The van der Waals surface area contributed by atoms with Gasteiger partial charge in [0, 0.05) is 22.3 Å². The summed E-state index contributed by atoms with van der Waals surface area (Å²) >= 11 is 0. The van der Waals surface area contributed by atoms with Gasteiger partial charge in [0.15, 0.2) is 19.8 Å². The van der Waals surface area contributed by atoms with Gasteiger partial charge in [-0.25, -0.2) is 9.97 Å². The molecule has 0 bridgehead atoms. The van der Waals surface area contributed by atoms with E-state index in [1.54, 1.807) is 36.7 Å². The second-order valence-corrected chi connectivity index (χ2v) is 22.5. The lowest BCUT2D eigenvalue weighted by Crippen LogP contribution is -2.41. The van der Waals surface area contributed by atoms with Crippen LogP contribution in [-0.2, 0) is 17.3 Å². The number of aromatic nitrogens is 2. The topological polar surface area (TPSA) is 148 Å². The van der Waals surface area contributed by atoms with Gasteiger partial charge in [0.25, 0.3) is 0 Å². The van der Waals surface area contributed by atoms with Crippen molar-refractivity contribution in [2.24, 2.45) is 0 Å². The first-order valence-corrected chi connectivity index (χ1v) is 23.9. The average molecular weight is 835 g/mol. The standard InChI is InChI=1S/C28H34N2O3Si.C22H20N2O3/c1-18(2)31-24-13-11-19(15-20(24)16-29)27-30-17-26(32-27)23-10-8-9-22-21(23)12-14-25(22)33-34(6,7)28(3,4)5;1-13(2)26-20-9-6-14(10-15(20)11-23)22-24-12-21(27-22)18-5-3-4-17-16(18)7-8-19(17)25/h8-11,13,15,17-18,25H,12,14H2,1-7H3;3-6,9-10,12-13,19,25H,7-8H2,1-2H3. The molecule has 0 aliphatic heterocycles. The molecule has 2 atom stereocenters. The predicted octanol–water partition coefficient (Wildman–Crippen LogP) is 12.3. The van der Waals surface area contributed by atoms with Gasteiger partial charge in [-0.2, -0.15) is 10.5 Å². The van der Waals surface area contributed by atoms with E-state index in [1.165, 1.54) is 11.1 Å². The Morgan fingerprint density at radius 2 is 1.18 bits per heavy atom. The Morgan fingerprint density at radius 3 is 1.66 bits per heavy atom. The highest BCUT2D eigenvalue weighted by molar-refractivity contribution is 6.74. The van der Waals surface area contributed by atoms with E-state index in [2.05, 4.69) is 74.2 Å². The molecular weight excluding hydrogens is 781 g/mol. The highest BCUT2D eigenvalue weighted by Gasteiger charge is 2.41. The molecule has 10 nitrogen and oxygen atoms in total. The molecule has 2 aliphatic carbocycles. The van der Waals surface area contributed by atoms with Crippen molar-refractivity contribution in [1.82, 2.24) is 9.97 Å². The summed E-state index contributed by atoms with van der Waals surface area (Å²) in [5.41, 5.74) is 9.06. The van der Waals surface area contributed by atoms with Crippen LogP contribution < -0.4 is 9.47 Å². The molecule has 2 aliphatic rings. The number of nitrogens with zero attached hydrogens (tertiary/aromatic N) is 4. The first-order chi connectivity index (χ1) is 29.1. The Bertz CT molecular complexity index is 2620. The van der Waals surface area contributed by atoms with E-state index in [1.807, 2.05) is 58.0 Å². The molecule has 2 aromatic heterocycles. The fourth-order valence-electron chi connectivity index (χ4n) is 7.64. The lowest BCUT2D eigenvalue weighted by molar-refractivity contribution is 0.180. The molecule has 2 heterocycles. The van der Waals surface area contributed by atoms with Crippen molar-refractivity contribution in [2.45, 2.75) is 117 Å². The molecule has 2 unspecified atom stereocenters. The van der Waals surface area contributed by atoms with Crippen molar-refractivity contribution in [3.63, 3.8) is 0 Å². The quantitative estimate of drug-likeness (QED) is 0.132. The summed E-state index contributed by atoms with van der Waals surface area (Å²) in [6.45, 7) is 19.2. The van der Waals surface area contributed by atoms with Gasteiger partial charge in [0.1, 0.15) is 23.6 Å². The van der Waals surface area contributed by atoms with Crippen LogP contribution in [0, 0.1) is 22.7 Å². The van der Waals surface area contributed by atoms with Gasteiger partial charge in [-0.3, -0.25) is 0 Å². The number of ether oxygens (including phenoxy) is 2. The zero-order valence-corrected chi connectivity index (χ0v) is 37.5. The van der Waals surface area contributed by atoms with Gasteiger partial charge in [-0.15, -0.1) is 0 Å². The SMILES string of the molecule is CC(C)Oc1ccc(-c2ncc(-c3cccc4c3CCC4O)o2)cc1C#N.CC(C)Oc1ccc(-c2ncc(-c3cccc4c3CCC4O[Si](C)(C)C(C)(C)C)o2)cc1C#N. The summed E-state index contributed by atoms with van der Waals surface area (Å²) in [7, 11) is -1.87. The maximum absolute atomic E-state index is 10.1. The summed E-state index contributed by atoms with van der Waals surface area (Å²) < 4.78 is 30.4. The van der Waals surface area contributed by atoms with E-state index in [4.69, 9.17) is 22.7 Å². The van der Waals surface area contributed by atoms with Crippen LogP contribution in [0.2, 0.25) is 18.1 Å². The number of aliphatic hydroxyl groups is 1. The summed E-state index contributed by atoms with van der Waals surface area (Å²) in [4.78, 5) is 8.92. The summed E-state index contributed by atoms with van der Waals surface area (Å²) in [6.07, 6.45) is 6.68. The third-order valence-corrected chi connectivity index (χ3v) is 16.1. The number of fused-ring (bicyclic) bond motifs is 2. The molecule has 1 N–H and O–H groups in total. The minimum absolute atomic E-state index is 0.00379. The zero-order chi connectivity index (χ0) is 43.6. The molecule has 0 radical (unpaired) electrons. The first-order valence-electron chi connectivity index (χ1n) is 21.0. The molecule has 61 heavy (non-hydrogen) atoms.